The number of aryl methyl sites for hydroxylation is 1. The van der Waals surface area contributed by atoms with Crippen LogP contribution in [0.15, 0.2) is 23.1 Å². The number of likely N-dealkylation sites (tertiary alicyclic amines) is 3. The highest BCUT2D eigenvalue weighted by Gasteiger charge is 2.35. The number of amides is 2. The molecule has 5 heterocycles. The van der Waals surface area contributed by atoms with Crippen LogP contribution in [0.4, 0.5) is 13.2 Å². The van der Waals surface area contributed by atoms with Crippen LogP contribution in [-0.4, -0.2) is 109 Å². The summed E-state index contributed by atoms with van der Waals surface area (Å²) in [4.78, 5) is 31.4. The first kappa shape index (κ1) is 35.4. The van der Waals surface area contributed by atoms with E-state index in [0.717, 1.165) is 93.8 Å². The molecule has 6 rings (SSSR count). The Bertz CT molecular complexity index is 1500. The lowest BCUT2D eigenvalue weighted by Gasteiger charge is -2.36. The summed E-state index contributed by atoms with van der Waals surface area (Å²) in [5.41, 5.74) is 2.38. The van der Waals surface area contributed by atoms with Crippen LogP contribution in [0.25, 0.3) is 11.3 Å². The first-order chi connectivity index (χ1) is 23.0. The largest absolute Gasteiger partial charge is 0.417 e. The molecule has 1 aromatic carbocycles. The van der Waals surface area contributed by atoms with Crippen LogP contribution in [0, 0.1) is 5.92 Å². The molecule has 0 aliphatic carbocycles. The van der Waals surface area contributed by atoms with Gasteiger partial charge in [-0.25, -0.2) is 8.51 Å². The molecule has 48 heavy (non-hydrogen) atoms. The highest BCUT2D eigenvalue weighted by molar-refractivity contribution is 8.00. The summed E-state index contributed by atoms with van der Waals surface area (Å²) in [6.07, 6.45) is 4.06. The summed E-state index contributed by atoms with van der Waals surface area (Å²) in [7, 11) is -1.19. The number of hydrogen-bond acceptors (Lipinski definition) is 6. The van der Waals surface area contributed by atoms with Crippen LogP contribution in [0.1, 0.15) is 68.7 Å². The average molecular weight is 709 g/mol. The van der Waals surface area contributed by atoms with Gasteiger partial charge in [0.25, 0.3) is 0 Å². The summed E-state index contributed by atoms with van der Waals surface area (Å²) in [6.45, 7) is 8.84. The van der Waals surface area contributed by atoms with E-state index in [1.54, 1.807) is 11.2 Å². The number of aromatic nitrogens is 2. The predicted octanol–water partition coefficient (Wildman–Crippen LogP) is 5.05. The van der Waals surface area contributed by atoms with Crippen molar-refractivity contribution in [3.8, 4) is 11.3 Å². The summed E-state index contributed by atoms with van der Waals surface area (Å²) in [5, 5.41) is 4.98. The number of carbonyl (C=O) groups excluding carboxylic acids is 2. The molecule has 0 saturated carbocycles. The van der Waals surface area contributed by atoms with Gasteiger partial charge in [-0.1, -0.05) is 13.0 Å². The van der Waals surface area contributed by atoms with Gasteiger partial charge >= 0.3 is 6.18 Å². The number of carbonyl (C=O) groups is 2. The molecule has 1 unspecified atom stereocenters. The molecule has 0 N–H and O–H groups in total. The zero-order valence-electron chi connectivity index (χ0n) is 28.0. The van der Waals surface area contributed by atoms with Crippen molar-refractivity contribution in [2.45, 2.75) is 88.5 Å². The topological polar surface area (TPSA) is 82.0 Å². The van der Waals surface area contributed by atoms with Gasteiger partial charge in [0.15, 0.2) is 0 Å². The Hall–Kier alpha value is -2.42. The molecule has 2 amide bonds. The summed E-state index contributed by atoms with van der Waals surface area (Å²) in [5.74, 6) is 0.647. The number of rotatable bonds is 10. The minimum atomic E-state index is -4.56. The molecule has 4 aliphatic heterocycles. The Morgan fingerprint density at radius 1 is 1.02 bits per heavy atom. The molecule has 0 spiro atoms. The normalized spacial score (nSPS) is 21.2. The quantitative estimate of drug-likeness (QED) is 0.322. The number of piperidine rings is 2. The Balaban J connectivity index is 1.17. The standard InChI is InChI=1S/C34H47F3N6O3S2/c1-24-8-18-40(19-9-24)32(45)23-47-30-21-25(6-7-28(30)34(35,36)37)33-27-22-41(48(2)46)20-12-29(27)43(38-33)15-4-13-39-16-10-26(11-17-39)42-14-3-5-31(42)44/h6-7,21,24,26H,3-5,8-20,22-23H2,1-2H3. The molecule has 0 bridgehead atoms. The second-order valence-electron chi connectivity index (χ2n) is 13.7. The van der Waals surface area contributed by atoms with Crippen molar-refractivity contribution in [1.29, 1.82) is 0 Å². The molecule has 264 valence electrons. The van der Waals surface area contributed by atoms with Gasteiger partial charge in [0.2, 0.25) is 11.8 Å². The third kappa shape index (κ3) is 8.13. The van der Waals surface area contributed by atoms with Gasteiger partial charge in [-0.2, -0.15) is 18.3 Å². The number of nitrogens with zero attached hydrogens (tertiary/aromatic N) is 6. The second-order valence-corrected chi connectivity index (χ2v) is 16.1. The van der Waals surface area contributed by atoms with Crippen LogP contribution in [0.2, 0.25) is 0 Å². The van der Waals surface area contributed by atoms with Crippen LogP contribution >= 0.6 is 11.8 Å². The Labute approximate surface area is 288 Å². The number of benzene rings is 1. The van der Waals surface area contributed by atoms with Crippen molar-refractivity contribution >= 4 is 34.6 Å². The van der Waals surface area contributed by atoms with Crippen molar-refractivity contribution < 1.29 is 27.0 Å². The van der Waals surface area contributed by atoms with E-state index >= 15 is 0 Å². The SMILES string of the molecule is CC1CCN(C(=O)CSc2cc(-c3nn(CCCN4CCC(N5CCCC5=O)CC4)c4c3CN(S(C)=O)CC4)ccc2C(F)(F)F)CC1. The zero-order chi connectivity index (χ0) is 34.0. The minimum Gasteiger partial charge on any atom is -0.342 e. The van der Waals surface area contributed by atoms with Gasteiger partial charge in [-0.05, 0) is 63.1 Å². The summed E-state index contributed by atoms with van der Waals surface area (Å²) in [6, 6.07) is 4.46. The maximum absolute atomic E-state index is 14.1. The molecular formula is C34H47F3N6O3S2. The van der Waals surface area contributed by atoms with E-state index in [0.29, 0.717) is 68.8 Å². The number of hydrogen-bond donors (Lipinski definition) is 0. The highest BCUT2D eigenvalue weighted by Crippen LogP contribution is 2.40. The van der Waals surface area contributed by atoms with E-state index in [9.17, 15) is 27.0 Å². The molecular weight excluding hydrogens is 662 g/mol. The third-order valence-electron chi connectivity index (χ3n) is 10.5. The van der Waals surface area contributed by atoms with Gasteiger partial charge < -0.3 is 14.7 Å². The fourth-order valence-corrected chi connectivity index (χ4v) is 9.24. The predicted molar refractivity (Wildman–Crippen MR) is 182 cm³/mol. The highest BCUT2D eigenvalue weighted by atomic mass is 32.2. The van der Waals surface area contributed by atoms with Gasteiger partial charge in [-0.3, -0.25) is 14.3 Å². The van der Waals surface area contributed by atoms with Gasteiger partial charge in [0, 0.05) is 99.2 Å². The maximum Gasteiger partial charge on any atom is 0.417 e. The molecule has 9 nitrogen and oxygen atoms in total. The average Bonchev–Trinajstić information content (AvgIpc) is 3.66. The lowest BCUT2D eigenvalue weighted by molar-refractivity contribution is -0.139. The van der Waals surface area contributed by atoms with Gasteiger partial charge in [0.1, 0.15) is 0 Å². The van der Waals surface area contributed by atoms with Crippen molar-refractivity contribution in [1.82, 2.24) is 28.8 Å². The van der Waals surface area contributed by atoms with Gasteiger partial charge in [0.05, 0.1) is 28.0 Å². The van der Waals surface area contributed by atoms with E-state index < -0.39 is 22.7 Å². The van der Waals surface area contributed by atoms with Gasteiger partial charge in [-0.15, -0.1) is 11.8 Å². The molecule has 1 atom stereocenters. The van der Waals surface area contributed by atoms with Crippen molar-refractivity contribution in [3.63, 3.8) is 0 Å². The van der Waals surface area contributed by atoms with E-state index in [-0.39, 0.29) is 22.5 Å². The minimum absolute atomic E-state index is 0.0211. The number of fused-ring (bicyclic) bond motifs is 1. The zero-order valence-corrected chi connectivity index (χ0v) is 29.6. The Kier molecular flexibility index (Phi) is 11.2. The summed E-state index contributed by atoms with van der Waals surface area (Å²) >= 11 is 0.941. The summed E-state index contributed by atoms with van der Waals surface area (Å²) < 4.78 is 58.8. The molecule has 0 radical (unpaired) electrons. The molecule has 1 aromatic heterocycles. The molecule has 2 aromatic rings. The van der Waals surface area contributed by atoms with Crippen molar-refractivity contribution in [3.05, 3.63) is 35.0 Å². The van der Waals surface area contributed by atoms with Crippen molar-refractivity contribution in [2.75, 3.05) is 57.8 Å². The third-order valence-corrected chi connectivity index (χ3v) is 12.5. The second kappa shape index (κ2) is 15.2. The molecule has 3 saturated heterocycles. The lowest BCUT2D eigenvalue weighted by atomic mass is 9.99. The fourth-order valence-electron chi connectivity index (χ4n) is 7.57. The van der Waals surface area contributed by atoms with E-state index in [1.165, 1.54) is 12.1 Å². The van der Waals surface area contributed by atoms with Crippen LogP contribution < -0.4 is 0 Å². The van der Waals surface area contributed by atoms with E-state index in [4.69, 9.17) is 5.10 Å². The Morgan fingerprint density at radius 2 is 1.77 bits per heavy atom. The maximum atomic E-state index is 14.1. The van der Waals surface area contributed by atoms with Crippen LogP contribution in [0.3, 0.4) is 0 Å². The Morgan fingerprint density at radius 3 is 2.44 bits per heavy atom. The number of thioether (sulfide) groups is 1. The van der Waals surface area contributed by atoms with Crippen LogP contribution in [-0.2, 0) is 46.3 Å². The molecule has 4 aliphatic rings. The monoisotopic (exact) mass is 708 g/mol. The number of halogens is 3. The van der Waals surface area contributed by atoms with E-state index in [2.05, 4.69) is 16.7 Å². The van der Waals surface area contributed by atoms with E-state index in [1.807, 2.05) is 8.99 Å². The molecule has 14 heteroatoms. The van der Waals surface area contributed by atoms with Crippen LogP contribution in [0.5, 0.6) is 0 Å². The fraction of sp³-hybridized carbons (Fsp3) is 0.676. The first-order valence-corrected chi connectivity index (χ1v) is 19.8. The van der Waals surface area contributed by atoms with Crippen molar-refractivity contribution in [2.24, 2.45) is 5.92 Å². The lowest BCUT2D eigenvalue weighted by Crippen LogP contribution is -2.45. The smallest absolute Gasteiger partial charge is 0.342 e. The molecule has 3 fully saturated rings. The number of alkyl halides is 3. The first-order valence-electron chi connectivity index (χ1n) is 17.3.